The molecule has 0 heterocycles. The fourth-order valence-electron chi connectivity index (χ4n) is 1.10. The van der Waals surface area contributed by atoms with Crippen molar-refractivity contribution in [1.82, 2.24) is 4.90 Å². The number of carbonyl (C=O) groups excluding carboxylic acids is 1. The van der Waals surface area contributed by atoms with E-state index in [1.807, 2.05) is 18.7 Å². The quantitative estimate of drug-likeness (QED) is 0.672. The predicted octanol–water partition coefficient (Wildman–Crippen LogP) is 0.982. The van der Waals surface area contributed by atoms with Gasteiger partial charge in [0.05, 0.1) is 6.04 Å². The number of nitrogens with zero attached hydrogens (tertiary/aromatic N) is 1. The zero-order valence-corrected chi connectivity index (χ0v) is 8.34. The zero-order chi connectivity index (χ0) is 9.56. The number of hydrogen-bond donors (Lipinski definition) is 1. The van der Waals surface area contributed by atoms with E-state index >= 15 is 0 Å². The summed E-state index contributed by atoms with van der Waals surface area (Å²) in [7, 11) is 0. The van der Waals surface area contributed by atoms with Gasteiger partial charge in [0.2, 0.25) is 5.91 Å². The molecule has 0 aromatic heterocycles. The van der Waals surface area contributed by atoms with Crippen LogP contribution in [0.25, 0.3) is 0 Å². The number of nitrogens with two attached hydrogens (primary N) is 1. The van der Waals surface area contributed by atoms with Crippen molar-refractivity contribution in [3.05, 3.63) is 0 Å². The van der Waals surface area contributed by atoms with Crippen molar-refractivity contribution >= 4 is 5.91 Å². The Balaban J connectivity index is 4.01. The van der Waals surface area contributed by atoms with E-state index in [1.165, 1.54) is 0 Å². The summed E-state index contributed by atoms with van der Waals surface area (Å²) in [5, 5.41) is 0. The second-order valence-corrected chi connectivity index (χ2v) is 2.93. The molecule has 0 aliphatic rings. The minimum atomic E-state index is -0.309. The average Bonchev–Trinajstić information content (AvgIpc) is 2.11. The molecule has 0 aromatic rings. The smallest absolute Gasteiger partial charge is 0.239 e. The average molecular weight is 172 g/mol. The fourth-order valence-corrected chi connectivity index (χ4v) is 1.10. The van der Waals surface area contributed by atoms with Gasteiger partial charge in [-0.3, -0.25) is 4.79 Å². The van der Waals surface area contributed by atoms with Crippen molar-refractivity contribution in [2.75, 3.05) is 13.1 Å². The number of amides is 1. The molecule has 3 heteroatoms. The van der Waals surface area contributed by atoms with E-state index in [1.54, 1.807) is 0 Å². The lowest BCUT2D eigenvalue weighted by molar-refractivity contribution is -0.132. The molecule has 12 heavy (non-hydrogen) atoms. The summed E-state index contributed by atoms with van der Waals surface area (Å²) >= 11 is 0. The van der Waals surface area contributed by atoms with Crippen LogP contribution < -0.4 is 5.73 Å². The molecule has 0 aromatic carbocycles. The van der Waals surface area contributed by atoms with Crippen LogP contribution in [0.5, 0.6) is 0 Å². The van der Waals surface area contributed by atoms with Crippen LogP contribution in [0.4, 0.5) is 0 Å². The van der Waals surface area contributed by atoms with Gasteiger partial charge >= 0.3 is 0 Å². The number of hydrogen-bond acceptors (Lipinski definition) is 2. The molecule has 3 nitrogen and oxygen atoms in total. The molecule has 0 radical (unpaired) electrons. The van der Waals surface area contributed by atoms with Crippen LogP contribution in [0, 0.1) is 0 Å². The van der Waals surface area contributed by atoms with E-state index in [2.05, 4.69) is 6.92 Å². The van der Waals surface area contributed by atoms with Crippen LogP contribution in [0.3, 0.4) is 0 Å². The van der Waals surface area contributed by atoms with E-state index in [0.717, 1.165) is 25.9 Å². The molecule has 0 saturated carbocycles. The lowest BCUT2D eigenvalue weighted by Gasteiger charge is -2.22. The maximum atomic E-state index is 11.5. The van der Waals surface area contributed by atoms with Gasteiger partial charge in [-0.2, -0.15) is 0 Å². The summed E-state index contributed by atoms with van der Waals surface area (Å²) in [5.41, 5.74) is 5.63. The summed E-state index contributed by atoms with van der Waals surface area (Å²) < 4.78 is 0. The Morgan fingerprint density at radius 2 is 2.00 bits per heavy atom. The van der Waals surface area contributed by atoms with Crippen molar-refractivity contribution < 1.29 is 4.79 Å². The molecule has 0 spiro atoms. The first kappa shape index (κ1) is 11.4. The maximum Gasteiger partial charge on any atom is 0.239 e. The standard InChI is InChI=1S/C9H20N2O/c1-4-7-11(6-3)9(12)8(10)5-2/h8H,4-7,10H2,1-3H3/t8-/m1/s1. The van der Waals surface area contributed by atoms with Gasteiger partial charge in [-0.15, -0.1) is 0 Å². The van der Waals surface area contributed by atoms with E-state index in [0.29, 0.717) is 0 Å². The molecule has 1 atom stereocenters. The SMILES string of the molecule is CCCN(CC)C(=O)[C@H](N)CC. The second kappa shape index (κ2) is 6.00. The molecular formula is C9H20N2O. The first-order chi connectivity index (χ1) is 5.67. The summed E-state index contributed by atoms with van der Waals surface area (Å²) in [6, 6.07) is -0.309. The zero-order valence-electron chi connectivity index (χ0n) is 8.34. The van der Waals surface area contributed by atoms with Crippen LogP contribution in [0.2, 0.25) is 0 Å². The van der Waals surface area contributed by atoms with Crippen molar-refractivity contribution in [2.24, 2.45) is 5.73 Å². The van der Waals surface area contributed by atoms with Crippen molar-refractivity contribution in [2.45, 2.75) is 39.7 Å². The lowest BCUT2D eigenvalue weighted by Crippen LogP contribution is -2.43. The monoisotopic (exact) mass is 172 g/mol. The summed E-state index contributed by atoms with van der Waals surface area (Å²) in [6.07, 6.45) is 1.72. The molecular weight excluding hydrogens is 152 g/mol. The molecule has 2 N–H and O–H groups in total. The van der Waals surface area contributed by atoms with Gasteiger partial charge < -0.3 is 10.6 Å². The highest BCUT2D eigenvalue weighted by atomic mass is 16.2. The molecule has 0 bridgehead atoms. The fraction of sp³-hybridized carbons (Fsp3) is 0.889. The molecule has 0 unspecified atom stereocenters. The molecule has 72 valence electrons. The third-order valence-corrected chi connectivity index (χ3v) is 1.94. The molecule has 0 rings (SSSR count). The highest BCUT2D eigenvalue weighted by molar-refractivity contribution is 5.81. The van der Waals surface area contributed by atoms with Crippen molar-refractivity contribution in [1.29, 1.82) is 0 Å². The van der Waals surface area contributed by atoms with Gasteiger partial charge in [0, 0.05) is 13.1 Å². The number of carbonyl (C=O) groups is 1. The van der Waals surface area contributed by atoms with E-state index in [9.17, 15) is 4.79 Å². The topological polar surface area (TPSA) is 46.3 Å². The molecule has 1 amide bonds. The Morgan fingerprint density at radius 1 is 1.42 bits per heavy atom. The van der Waals surface area contributed by atoms with Crippen LogP contribution in [-0.4, -0.2) is 29.9 Å². The summed E-state index contributed by atoms with van der Waals surface area (Å²) in [5.74, 6) is 0.0850. The van der Waals surface area contributed by atoms with Gasteiger partial charge in [0.1, 0.15) is 0 Å². The van der Waals surface area contributed by atoms with E-state index in [-0.39, 0.29) is 11.9 Å². The highest BCUT2D eigenvalue weighted by Crippen LogP contribution is 1.97. The van der Waals surface area contributed by atoms with Crippen LogP contribution in [-0.2, 0) is 4.79 Å². The summed E-state index contributed by atoms with van der Waals surface area (Å²) in [4.78, 5) is 13.3. The first-order valence-electron chi connectivity index (χ1n) is 4.71. The minimum Gasteiger partial charge on any atom is -0.342 e. The van der Waals surface area contributed by atoms with E-state index in [4.69, 9.17) is 5.73 Å². The van der Waals surface area contributed by atoms with Gasteiger partial charge in [0.15, 0.2) is 0 Å². The van der Waals surface area contributed by atoms with Crippen molar-refractivity contribution in [3.63, 3.8) is 0 Å². The van der Waals surface area contributed by atoms with Gasteiger partial charge in [-0.05, 0) is 19.8 Å². The third kappa shape index (κ3) is 3.22. The Hall–Kier alpha value is -0.570. The second-order valence-electron chi connectivity index (χ2n) is 2.93. The third-order valence-electron chi connectivity index (χ3n) is 1.94. The molecule has 0 aliphatic heterocycles. The van der Waals surface area contributed by atoms with Crippen LogP contribution in [0.15, 0.2) is 0 Å². The number of likely N-dealkylation sites (N-methyl/N-ethyl adjacent to an activating group) is 1. The molecule has 0 fully saturated rings. The first-order valence-corrected chi connectivity index (χ1v) is 4.71. The predicted molar refractivity (Wildman–Crippen MR) is 50.8 cm³/mol. The van der Waals surface area contributed by atoms with Crippen LogP contribution >= 0.6 is 0 Å². The number of rotatable bonds is 5. The Kier molecular flexibility index (Phi) is 5.72. The van der Waals surface area contributed by atoms with Crippen LogP contribution in [0.1, 0.15) is 33.6 Å². The minimum absolute atomic E-state index is 0.0850. The van der Waals surface area contributed by atoms with E-state index < -0.39 is 0 Å². The highest BCUT2D eigenvalue weighted by Gasteiger charge is 2.16. The normalized spacial score (nSPS) is 12.7. The maximum absolute atomic E-state index is 11.5. The Morgan fingerprint density at radius 3 is 2.33 bits per heavy atom. The van der Waals surface area contributed by atoms with Crippen molar-refractivity contribution in [3.8, 4) is 0 Å². The van der Waals surface area contributed by atoms with Gasteiger partial charge in [-0.1, -0.05) is 13.8 Å². The largest absolute Gasteiger partial charge is 0.342 e. The summed E-state index contributed by atoms with van der Waals surface area (Å²) in [6.45, 7) is 7.56. The lowest BCUT2D eigenvalue weighted by atomic mass is 10.2. The van der Waals surface area contributed by atoms with Gasteiger partial charge in [0.25, 0.3) is 0 Å². The molecule has 0 aliphatic carbocycles. The molecule has 0 saturated heterocycles. The van der Waals surface area contributed by atoms with Gasteiger partial charge in [-0.25, -0.2) is 0 Å². The Bertz CT molecular complexity index is 136. The Labute approximate surface area is 74.9 Å².